The minimum atomic E-state index is -0.643. The second-order valence-corrected chi connectivity index (χ2v) is 3.91. The molecule has 0 saturated carbocycles. The average molecular weight is 267 g/mol. The number of rotatable bonds is 2. The Balaban J connectivity index is 2.27. The molecule has 0 radical (unpaired) electrons. The minimum absolute atomic E-state index is 0.00405. The van der Waals surface area contributed by atoms with E-state index >= 15 is 0 Å². The second-order valence-electron chi connectivity index (χ2n) is 3.47. The molecule has 0 aliphatic carbocycles. The number of anilines is 1. The predicted octanol–water partition coefficient (Wildman–Crippen LogP) is 2.83. The van der Waals surface area contributed by atoms with Gasteiger partial charge in [0.1, 0.15) is 11.6 Å². The minimum Gasteiger partial charge on any atom is -0.505 e. The molecule has 0 atom stereocenters. The lowest BCUT2D eigenvalue weighted by Crippen LogP contribution is -2.13. The van der Waals surface area contributed by atoms with E-state index in [1.54, 1.807) is 0 Å². The van der Waals surface area contributed by atoms with Crippen LogP contribution in [0.3, 0.4) is 0 Å². The number of aromatic nitrogens is 1. The summed E-state index contributed by atoms with van der Waals surface area (Å²) in [5.41, 5.74) is -0.0481. The maximum atomic E-state index is 13.4. The Kier molecular flexibility index (Phi) is 3.43. The van der Waals surface area contributed by atoms with Gasteiger partial charge in [0.15, 0.2) is 0 Å². The molecular formula is C12H8ClFN2O2. The molecule has 0 aliphatic rings. The van der Waals surface area contributed by atoms with Crippen LogP contribution in [-0.2, 0) is 0 Å². The van der Waals surface area contributed by atoms with Crippen LogP contribution in [0.2, 0.25) is 5.02 Å². The van der Waals surface area contributed by atoms with Crippen LogP contribution in [0.5, 0.6) is 5.75 Å². The maximum Gasteiger partial charge on any atom is 0.259 e. The van der Waals surface area contributed by atoms with E-state index in [2.05, 4.69) is 10.3 Å². The first-order valence-corrected chi connectivity index (χ1v) is 5.35. The largest absolute Gasteiger partial charge is 0.505 e. The lowest BCUT2D eigenvalue weighted by atomic mass is 10.2. The highest BCUT2D eigenvalue weighted by Gasteiger charge is 2.13. The molecule has 0 bridgehead atoms. The smallest absolute Gasteiger partial charge is 0.259 e. The molecule has 0 fully saturated rings. The highest BCUT2D eigenvalue weighted by atomic mass is 35.5. The Morgan fingerprint density at radius 3 is 2.89 bits per heavy atom. The molecule has 2 aromatic rings. The van der Waals surface area contributed by atoms with Crippen LogP contribution in [-0.4, -0.2) is 16.0 Å². The van der Waals surface area contributed by atoms with Crippen molar-refractivity contribution >= 4 is 23.2 Å². The number of carbonyl (C=O) groups excluding carboxylic acids is 1. The summed E-state index contributed by atoms with van der Waals surface area (Å²) in [5, 5.41) is 12.1. The zero-order valence-electron chi connectivity index (χ0n) is 9.02. The Morgan fingerprint density at radius 2 is 2.17 bits per heavy atom. The van der Waals surface area contributed by atoms with Crippen LogP contribution >= 0.6 is 11.6 Å². The third-order valence-corrected chi connectivity index (χ3v) is 2.46. The van der Waals surface area contributed by atoms with Crippen LogP contribution < -0.4 is 5.32 Å². The van der Waals surface area contributed by atoms with Crippen molar-refractivity contribution in [2.24, 2.45) is 0 Å². The number of amides is 1. The molecule has 92 valence electrons. The average Bonchev–Trinajstić information content (AvgIpc) is 2.34. The van der Waals surface area contributed by atoms with Gasteiger partial charge in [-0.25, -0.2) is 4.39 Å². The number of hydrogen-bond acceptors (Lipinski definition) is 3. The van der Waals surface area contributed by atoms with E-state index in [0.29, 0.717) is 5.02 Å². The first-order chi connectivity index (χ1) is 8.58. The molecule has 2 N–H and O–H groups in total. The maximum absolute atomic E-state index is 13.4. The number of hydrogen-bond donors (Lipinski definition) is 2. The van der Waals surface area contributed by atoms with Crippen molar-refractivity contribution in [3.63, 3.8) is 0 Å². The summed E-state index contributed by atoms with van der Waals surface area (Å²) in [4.78, 5) is 15.4. The number of nitrogens with one attached hydrogen (secondary N) is 1. The van der Waals surface area contributed by atoms with E-state index in [-0.39, 0.29) is 17.0 Å². The fourth-order valence-corrected chi connectivity index (χ4v) is 1.53. The van der Waals surface area contributed by atoms with Crippen molar-refractivity contribution in [1.29, 1.82) is 0 Å². The van der Waals surface area contributed by atoms with Gasteiger partial charge in [0.2, 0.25) is 0 Å². The van der Waals surface area contributed by atoms with Crippen LogP contribution in [0.4, 0.5) is 10.1 Å². The molecule has 0 spiro atoms. The SMILES string of the molecule is O=C(Nc1cc(Cl)ccc1F)c1ccncc1O. The van der Waals surface area contributed by atoms with Gasteiger partial charge in [-0.3, -0.25) is 9.78 Å². The van der Waals surface area contributed by atoms with Gasteiger partial charge in [-0.1, -0.05) is 11.6 Å². The third kappa shape index (κ3) is 2.57. The van der Waals surface area contributed by atoms with Crippen LogP contribution in [0, 0.1) is 5.82 Å². The van der Waals surface area contributed by atoms with Crippen molar-refractivity contribution in [2.75, 3.05) is 5.32 Å². The number of nitrogens with zero attached hydrogens (tertiary/aromatic N) is 1. The van der Waals surface area contributed by atoms with Gasteiger partial charge in [0.05, 0.1) is 17.4 Å². The molecule has 0 saturated heterocycles. The molecule has 1 aromatic carbocycles. The molecule has 1 amide bonds. The van der Waals surface area contributed by atoms with E-state index in [0.717, 1.165) is 12.3 Å². The van der Waals surface area contributed by atoms with Gasteiger partial charge in [-0.05, 0) is 24.3 Å². The fraction of sp³-hybridized carbons (Fsp3) is 0. The zero-order chi connectivity index (χ0) is 13.1. The third-order valence-electron chi connectivity index (χ3n) is 2.22. The molecule has 1 aromatic heterocycles. The molecular weight excluding hydrogens is 259 g/mol. The molecule has 6 heteroatoms. The van der Waals surface area contributed by atoms with E-state index < -0.39 is 11.7 Å². The monoisotopic (exact) mass is 266 g/mol. The van der Waals surface area contributed by atoms with E-state index in [9.17, 15) is 14.3 Å². The highest BCUT2D eigenvalue weighted by Crippen LogP contribution is 2.21. The normalized spacial score (nSPS) is 10.1. The van der Waals surface area contributed by atoms with E-state index in [4.69, 9.17) is 11.6 Å². The van der Waals surface area contributed by atoms with Crippen molar-refractivity contribution < 1.29 is 14.3 Å². The summed E-state index contributed by atoms with van der Waals surface area (Å²) < 4.78 is 13.4. The first kappa shape index (κ1) is 12.3. The van der Waals surface area contributed by atoms with Crippen LogP contribution in [0.1, 0.15) is 10.4 Å². The predicted molar refractivity (Wildman–Crippen MR) is 65.3 cm³/mol. The molecule has 0 unspecified atom stereocenters. The number of pyridine rings is 1. The highest BCUT2D eigenvalue weighted by molar-refractivity contribution is 6.31. The zero-order valence-corrected chi connectivity index (χ0v) is 9.78. The standard InChI is InChI=1S/C12H8ClFN2O2/c13-7-1-2-9(14)10(5-7)16-12(18)8-3-4-15-6-11(8)17/h1-6,17H,(H,16,18). The number of benzene rings is 1. The topological polar surface area (TPSA) is 62.2 Å². The van der Waals surface area contributed by atoms with Crippen molar-refractivity contribution in [1.82, 2.24) is 4.98 Å². The summed E-state index contributed by atoms with van der Waals surface area (Å²) in [5.74, 6) is -1.53. The van der Waals surface area contributed by atoms with E-state index in [1.807, 2.05) is 0 Å². The summed E-state index contributed by atoms with van der Waals surface area (Å²) in [6, 6.07) is 5.13. The van der Waals surface area contributed by atoms with Gasteiger partial charge in [0, 0.05) is 11.2 Å². The quantitative estimate of drug-likeness (QED) is 0.879. The van der Waals surface area contributed by atoms with Gasteiger partial charge in [-0.2, -0.15) is 0 Å². The Hall–Kier alpha value is -2.14. The fourth-order valence-electron chi connectivity index (χ4n) is 1.36. The van der Waals surface area contributed by atoms with Crippen molar-refractivity contribution in [3.8, 4) is 5.75 Å². The van der Waals surface area contributed by atoms with Crippen LogP contribution in [0.25, 0.3) is 0 Å². The van der Waals surface area contributed by atoms with E-state index in [1.165, 1.54) is 24.4 Å². The van der Waals surface area contributed by atoms with Gasteiger partial charge in [-0.15, -0.1) is 0 Å². The van der Waals surface area contributed by atoms with Gasteiger partial charge >= 0.3 is 0 Å². The molecule has 4 nitrogen and oxygen atoms in total. The molecule has 2 rings (SSSR count). The lowest BCUT2D eigenvalue weighted by Gasteiger charge is -2.07. The Morgan fingerprint density at radius 1 is 1.39 bits per heavy atom. The molecule has 1 heterocycles. The summed E-state index contributed by atoms with van der Waals surface area (Å²) in [7, 11) is 0. The lowest BCUT2D eigenvalue weighted by molar-refractivity contribution is 0.102. The molecule has 18 heavy (non-hydrogen) atoms. The number of carbonyl (C=O) groups is 1. The van der Waals surface area contributed by atoms with Crippen molar-refractivity contribution in [2.45, 2.75) is 0 Å². The second kappa shape index (κ2) is 5.01. The summed E-state index contributed by atoms with van der Waals surface area (Å²) >= 11 is 5.70. The first-order valence-electron chi connectivity index (χ1n) is 4.97. The van der Waals surface area contributed by atoms with Gasteiger partial charge in [0.25, 0.3) is 5.91 Å². The Labute approximate surface area is 107 Å². The van der Waals surface area contributed by atoms with Crippen LogP contribution in [0.15, 0.2) is 36.7 Å². The number of aromatic hydroxyl groups is 1. The summed E-state index contributed by atoms with van der Waals surface area (Å²) in [6.07, 6.45) is 2.48. The van der Waals surface area contributed by atoms with Gasteiger partial charge < -0.3 is 10.4 Å². The van der Waals surface area contributed by atoms with Crippen molar-refractivity contribution in [3.05, 3.63) is 53.1 Å². The summed E-state index contributed by atoms with van der Waals surface area (Å²) in [6.45, 7) is 0. The molecule has 0 aliphatic heterocycles. The Bertz CT molecular complexity index is 604. The number of halogens is 2.